The Morgan fingerprint density at radius 3 is 2.35 bits per heavy atom. The predicted molar refractivity (Wildman–Crippen MR) is 89.9 cm³/mol. The van der Waals surface area contributed by atoms with Crippen LogP contribution in [0.2, 0.25) is 0 Å². The van der Waals surface area contributed by atoms with Crippen molar-refractivity contribution in [2.45, 2.75) is 13.0 Å². The van der Waals surface area contributed by atoms with Gasteiger partial charge in [-0.25, -0.2) is 4.79 Å². The van der Waals surface area contributed by atoms with Gasteiger partial charge < -0.3 is 14.2 Å². The van der Waals surface area contributed by atoms with Crippen molar-refractivity contribution in [1.29, 1.82) is 0 Å². The third kappa shape index (κ3) is 4.61. The summed E-state index contributed by atoms with van der Waals surface area (Å²) in [5, 5.41) is 0. The monoisotopic (exact) mass is 312 g/mol. The van der Waals surface area contributed by atoms with Crippen LogP contribution in [0.5, 0.6) is 11.5 Å². The number of methoxy groups -OCH3 is 2. The highest BCUT2D eigenvalue weighted by Gasteiger charge is 2.09. The van der Waals surface area contributed by atoms with Crippen LogP contribution in [0.15, 0.2) is 54.6 Å². The summed E-state index contributed by atoms with van der Waals surface area (Å²) in [5.41, 5.74) is 1.48. The van der Waals surface area contributed by atoms with Gasteiger partial charge in [0.25, 0.3) is 0 Å². The van der Waals surface area contributed by atoms with Gasteiger partial charge in [0.15, 0.2) is 11.5 Å². The van der Waals surface area contributed by atoms with E-state index >= 15 is 0 Å². The molecule has 0 aliphatic rings. The lowest BCUT2D eigenvalue weighted by atomic mass is 10.1. The van der Waals surface area contributed by atoms with Gasteiger partial charge in [-0.3, -0.25) is 0 Å². The molecule has 0 radical (unpaired) electrons. The summed E-state index contributed by atoms with van der Waals surface area (Å²) in [4.78, 5) is 12.0. The van der Waals surface area contributed by atoms with Crippen LogP contribution in [-0.2, 0) is 4.74 Å². The molecule has 0 aliphatic carbocycles. The van der Waals surface area contributed by atoms with E-state index in [4.69, 9.17) is 14.2 Å². The Labute approximate surface area is 136 Å². The van der Waals surface area contributed by atoms with Crippen molar-refractivity contribution in [2.24, 2.45) is 0 Å². The van der Waals surface area contributed by atoms with Crippen LogP contribution in [0.4, 0.5) is 0 Å². The van der Waals surface area contributed by atoms with Crippen molar-refractivity contribution >= 4 is 12.0 Å². The quantitative estimate of drug-likeness (QED) is 0.757. The lowest BCUT2D eigenvalue weighted by Gasteiger charge is -2.10. The third-order valence-corrected chi connectivity index (χ3v) is 3.27. The Morgan fingerprint density at radius 2 is 1.70 bits per heavy atom. The summed E-state index contributed by atoms with van der Waals surface area (Å²) in [5.74, 6) is 0.992. The van der Waals surface area contributed by atoms with E-state index in [-0.39, 0.29) is 12.1 Å². The van der Waals surface area contributed by atoms with E-state index in [2.05, 4.69) is 0 Å². The molecule has 0 N–H and O–H groups in total. The summed E-state index contributed by atoms with van der Waals surface area (Å²) in [7, 11) is 3.19. The van der Waals surface area contributed by atoms with Crippen LogP contribution in [-0.4, -0.2) is 26.3 Å². The fourth-order valence-electron chi connectivity index (χ4n) is 2.05. The van der Waals surface area contributed by atoms with Crippen molar-refractivity contribution in [3.63, 3.8) is 0 Å². The molecule has 0 aromatic heterocycles. The zero-order chi connectivity index (χ0) is 16.7. The second-order valence-electron chi connectivity index (χ2n) is 4.95. The van der Waals surface area contributed by atoms with Gasteiger partial charge in [-0.2, -0.15) is 0 Å². The third-order valence-electron chi connectivity index (χ3n) is 3.27. The standard InChI is InChI=1S/C19H20O4/c1-14(23-19(20)16-7-5-4-6-8-16)9-10-15-11-12-17(21-2)18(13-15)22-3/h4-14H,1-3H3/b10-9+. The van der Waals surface area contributed by atoms with Gasteiger partial charge in [0.2, 0.25) is 0 Å². The molecular weight excluding hydrogens is 292 g/mol. The molecule has 0 heterocycles. The van der Waals surface area contributed by atoms with Crippen LogP contribution in [0.1, 0.15) is 22.8 Å². The van der Waals surface area contributed by atoms with Crippen LogP contribution >= 0.6 is 0 Å². The van der Waals surface area contributed by atoms with Crippen LogP contribution < -0.4 is 9.47 Å². The number of carbonyl (C=O) groups excluding carboxylic acids is 1. The Hall–Kier alpha value is -2.75. The molecule has 0 fully saturated rings. The maximum absolute atomic E-state index is 12.0. The van der Waals surface area contributed by atoms with Gasteiger partial charge >= 0.3 is 5.97 Å². The molecule has 0 saturated carbocycles. The molecule has 23 heavy (non-hydrogen) atoms. The normalized spacial score (nSPS) is 12.0. The predicted octanol–water partition coefficient (Wildman–Crippen LogP) is 3.96. The lowest BCUT2D eigenvalue weighted by Crippen LogP contribution is -2.12. The van der Waals surface area contributed by atoms with Gasteiger partial charge in [0, 0.05) is 0 Å². The Balaban J connectivity index is 2.01. The van der Waals surface area contributed by atoms with Gasteiger partial charge in [-0.15, -0.1) is 0 Å². The second-order valence-corrected chi connectivity index (χ2v) is 4.95. The van der Waals surface area contributed by atoms with Crippen molar-refractivity contribution in [2.75, 3.05) is 14.2 Å². The number of hydrogen-bond acceptors (Lipinski definition) is 4. The van der Waals surface area contributed by atoms with Crippen LogP contribution in [0.25, 0.3) is 6.08 Å². The molecule has 2 aromatic rings. The summed E-state index contributed by atoms with van der Waals surface area (Å²) < 4.78 is 15.8. The molecule has 0 amide bonds. The molecule has 1 atom stereocenters. The zero-order valence-electron chi connectivity index (χ0n) is 13.5. The first kappa shape index (κ1) is 16.6. The van der Waals surface area contributed by atoms with Gasteiger partial charge in [0.1, 0.15) is 6.10 Å². The molecule has 2 aromatic carbocycles. The number of hydrogen-bond donors (Lipinski definition) is 0. The minimum Gasteiger partial charge on any atom is -0.493 e. The number of benzene rings is 2. The molecule has 0 aliphatic heterocycles. The first-order chi connectivity index (χ1) is 11.1. The summed E-state index contributed by atoms with van der Waals surface area (Å²) in [6, 6.07) is 14.5. The van der Waals surface area contributed by atoms with Crippen molar-refractivity contribution < 1.29 is 19.0 Å². The highest BCUT2D eigenvalue weighted by Crippen LogP contribution is 2.28. The molecule has 4 heteroatoms. The van der Waals surface area contributed by atoms with E-state index in [0.29, 0.717) is 17.1 Å². The van der Waals surface area contributed by atoms with Crippen LogP contribution in [0.3, 0.4) is 0 Å². The SMILES string of the molecule is COc1ccc(/C=C/C(C)OC(=O)c2ccccc2)cc1OC. The van der Waals surface area contributed by atoms with Crippen LogP contribution in [0, 0.1) is 0 Å². The minimum atomic E-state index is -0.338. The van der Waals surface area contributed by atoms with Crippen molar-refractivity contribution in [3.05, 3.63) is 65.7 Å². The molecule has 4 nitrogen and oxygen atoms in total. The maximum Gasteiger partial charge on any atom is 0.338 e. The fraction of sp³-hybridized carbons (Fsp3) is 0.211. The number of rotatable bonds is 6. The highest BCUT2D eigenvalue weighted by molar-refractivity contribution is 5.89. The van der Waals surface area contributed by atoms with Gasteiger partial charge in [-0.05, 0) is 42.8 Å². The Morgan fingerprint density at radius 1 is 1.00 bits per heavy atom. The first-order valence-corrected chi connectivity index (χ1v) is 7.30. The van der Waals surface area contributed by atoms with Crippen molar-refractivity contribution in [3.8, 4) is 11.5 Å². The molecule has 0 saturated heterocycles. The van der Waals surface area contributed by atoms with E-state index in [1.54, 1.807) is 38.5 Å². The molecule has 0 bridgehead atoms. The summed E-state index contributed by atoms with van der Waals surface area (Å²) in [6.07, 6.45) is 3.36. The lowest BCUT2D eigenvalue weighted by molar-refractivity contribution is 0.0426. The average molecular weight is 312 g/mol. The van der Waals surface area contributed by atoms with Gasteiger partial charge in [0.05, 0.1) is 19.8 Å². The first-order valence-electron chi connectivity index (χ1n) is 7.30. The van der Waals surface area contributed by atoms with E-state index < -0.39 is 0 Å². The van der Waals surface area contributed by atoms with E-state index in [9.17, 15) is 4.79 Å². The average Bonchev–Trinajstić information content (AvgIpc) is 2.60. The summed E-state index contributed by atoms with van der Waals surface area (Å²) in [6.45, 7) is 1.82. The second kappa shape index (κ2) is 8.03. The van der Waals surface area contributed by atoms with E-state index in [1.165, 1.54) is 0 Å². The smallest absolute Gasteiger partial charge is 0.338 e. The number of esters is 1. The fourth-order valence-corrected chi connectivity index (χ4v) is 2.05. The Bertz CT molecular complexity index is 677. The molecular formula is C19H20O4. The largest absolute Gasteiger partial charge is 0.493 e. The molecule has 2 rings (SSSR count). The molecule has 120 valence electrons. The van der Waals surface area contributed by atoms with Gasteiger partial charge in [-0.1, -0.05) is 30.3 Å². The van der Waals surface area contributed by atoms with E-state index in [0.717, 1.165) is 5.56 Å². The number of ether oxygens (including phenoxy) is 3. The topological polar surface area (TPSA) is 44.8 Å². The zero-order valence-corrected chi connectivity index (χ0v) is 13.5. The highest BCUT2D eigenvalue weighted by atomic mass is 16.5. The minimum absolute atomic E-state index is 0.337. The Kier molecular flexibility index (Phi) is 5.80. The maximum atomic E-state index is 12.0. The number of carbonyl (C=O) groups is 1. The molecule has 0 spiro atoms. The van der Waals surface area contributed by atoms with E-state index in [1.807, 2.05) is 43.3 Å². The summed E-state index contributed by atoms with van der Waals surface area (Å²) >= 11 is 0. The molecule has 1 unspecified atom stereocenters. The van der Waals surface area contributed by atoms with Crippen molar-refractivity contribution in [1.82, 2.24) is 0 Å².